The third kappa shape index (κ3) is 3.67. The normalized spacial score (nSPS) is 23.1. The molecule has 1 spiro atoms. The van der Waals surface area contributed by atoms with Crippen LogP contribution in [-0.4, -0.2) is 66.4 Å². The van der Waals surface area contributed by atoms with Crippen LogP contribution in [0.4, 0.5) is 0 Å². The number of hydrogen-bond acceptors (Lipinski definition) is 6. The average molecular weight is 369 g/mol. The molecule has 9 heteroatoms. The monoisotopic (exact) mass is 369 g/mol. The summed E-state index contributed by atoms with van der Waals surface area (Å²) in [7, 11) is 0. The number of carbonyl (C=O) groups excluding carboxylic acids is 2. The maximum absolute atomic E-state index is 12.6. The minimum absolute atomic E-state index is 0.0695. The molecule has 2 aromatic rings. The number of aromatic nitrogens is 5. The molecule has 9 nitrogen and oxygen atoms in total. The molecule has 0 bridgehead atoms. The molecule has 2 fully saturated rings. The lowest BCUT2D eigenvalue weighted by molar-refractivity contribution is -0.139. The van der Waals surface area contributed by atoms with Gasteiger partial charge in [-0.1, -0.05) is 0 Å². The fraction of sp³-hybridized carbons (Fsp3) is 0.556. The Morgan fingerprint density at radius 3 is 2.85 bits per heavy atom. The molecule has 2 aromatic heterocycles. The van der Waals surface area contributed by atoms with Gasteiger partial charge in [0.1, 0.15) is 6.33 Å². The summed E-state index contributed by atoms with van der Waals surface area (Å²) in [5, 5.41) is 6.41. The summed E-state index contributed by atoms with van der Waals surface area (Å²) in [5.74, 6) is 0.284. The number of hydrogen-bond donors (Lipinski definition) is 1. The van der Waals surface area contributed by atoms with Crippen molar-refractivity contribution in [3.63, 3.8) is 0 Å². The zero-order chi connectivity index (χ0) is 18.9. The number of nitrogens with zero attached hydrogens (tertiary/aromatic N) is 6. The fourth-order valence-electron chi connectivity index (χ4n) is 4.12. The lowest BCUT2D eigenvalue weighted by Crippen LogP contribution is -2.55. The van der Waals surface area contributed by atoms with E-state index in [0.29, 0.717) is 32.6 Å². The zero-order valence-electron chi connectivity index (χ0n) is 15.4. The topological polar surface area (TPSA) is 108 Å². The third-order valence-corrected chi connectivity index (χ3v) is 5.50. The number of likely N-dealkylation sites (tertiary alicyclic amines) is 2. The summed E-state index contributed by atoms with van der Waals surface area (Å²) in [6, 6.07) is 0. The second-order valence-corrected chi connectivity index (χ2v) is 7.56. The summed E-state index contributed by atoms with van der Waals surface area (Å²) in [6.45, 7) is 4.33. The summed E-state index contributed by atoms with van der Waals surface area (Å²) in [6.07, 6.45) is 8.04. The number of nitrogens with one attached hydrogen (secondary N) is 1. The first kappa shape index (κ1) is 17.6. The molecule has 0 radical (unpaired) electrons. The van der Waals surface area contributed by atoms with Crippen LogP contribution in [0.2, 0.25) is 0 Å². The minimum atomic E-state index is -0.126. The number of carbonyl (C=O) groups is 2. The highest BCUT2D eigenvalue weighted by Gasteiger charge is 2.43. The van der Waals surface area contributed by atoms with E-state index in [2.05, 4.69) is 25.1 Å². The molecular formula is C18H23N7O2. The molecule has 0 aliphatic carbocycles. The molecule has 1 atom stereocenters. The van der Waals surface area contributed by atoms with Crippen molar-refractivity contribution < 1.29 is 9.59 Å². The molecule has 142 valence electrons. The Bertz CT molecular complexity index is 821. The predicted molar refractivity (Wildman–Crippen MR) is 95.4 cm³/mol. The quantitative estimate of drug-likeness (QED) is 0.863. The largest absolute Gasteiger partial charge is 0.336 e. The van der Waals surface area contributed by atoms with Gasteiger partial charge in [0.05, 0.1) is 24.1 Å². The fourth-order valence-corrected chi connectivity index (χ4v) is 4.12. The van der Waals surface area contributed by atoms with Gasteiger partial charge in [0.25, 0.3) is 5.91 Å². The van der Waals surface area contributed by atoms with Crippen LogP contribution in [0.25, 0.3) is 0 Å². The second-order valence-electron chi connectivity index (χ2n) is 7.56. The number of amides is 2. The van der Waals surface area contributed by atoms with Gasteiger partial charge in [-0.2, -0.15) is 5.10 Å². The molecule has 2 aliphatic rings. The van der Waals surface area contributed by atoms with E-state index in [-0.39, 0.29) is 23.1 Å². The molecule has 2 aliphatic heterocycles. The van der Waals surface area contributed by atoms with Crippen molar-refractivity contribution in [2.24, 2.45) is 5.41 Å². The molecular weight excluding hydrogens is 346 g/mol. The highest BCUT2D eigenvalue weighted by atomic mass is 16.2. The Morgan fingerprint density at radius 1 is 1.22 bits per heavy atom. The highest BCUT2D eigenvalue weighted by Crippen LogP contribution is 2.39. The van der Waals surface area contributed by atoms with Crippen LogP contribution < -0.4 is 0 Å². The highest BCUT2D eigenvalue weighted by molar-refractivity contribution is 5.90. The van der Waals surface area contributed by atoms with Crippen LogP contribution in [0, 0.1) is 12.3 Å². The second kappa shape index (κ2) is 7.05. The van der Waals surface area contributed by atoms with Gasteiger partial charge in [-0.3, -0.25) is 24.7 Å². The van der Waals surface area contributed by atoms with Gasteiger partial charge in [-0.05, 0) is 26.2 Å². The van der Waals surface area contributed by atoms with E-state index in [9.17, 15) is 9.59 Å². The molecule has 27 heavy (non-hydrogen) atoms. The Morgan fingerprint density at radius 2 is 2.11 bits per heavy atom. The van der Waals surface area contributed by atoms with Crippen LogP contribution in [0.15, 0.2) is 18.7 Å². The Hall–Kier alpha value is -2.84. The van der Waals surface area contributed by atoms with E-state index in [1.807, 2.05) is 16.7 Å². The summed E-state index contributed by atoms with van der Waals surface area (Å²) >= 11 is 0. The first-order valence-corrected chi connectivity index (χ1v) is 9.25. The van der Waals surface area contributed by atoms with Crippen LogP contribution in [0.5, 0.6) is 0 Å². The molecule has 0 saturated carbocycles. The van der Waals surface area contributed by atoms with Crippen molar-refractivity contribution in [2.75, 3.05) is 19.6 Å². The average Bonchev–Trinajstić information content (AvgIpc) is 3.21. The van der Waals surface area contributed by atoms with Crippen molar-refractivity contribution in [3.05, 3.63) is 35.9 Å². The first-order chi connectivity index (χ1) is 13.0. The predicted octanol–water partition coefficient (Wildman–Crippen LogP) is 0.948. The molecule has 4 rings (SSSR count). The van der Waals surface area contributed by atoms with Gasteiger partial charge >= 0.3 is 0 Å². The number of aryl methyl sites for hydroxylation is 1. The van der Waals surface area contributed by atoms with E-state index in [1.54, 1.807) is 12.4 Å². The summed E-state index contributed by atoms with van der Waals surface area (Å²) < 4.78 is 0. The van der Waals surface area contributed by atoms with Crippen molar-refractivity contribution >= 4 is 11.8 Å². The molecule has 1 N–H and O–H groups in total. The molecule has 4 heterocycles. The molecule has 2 amide bonds. The van der Waals surface area contributed by atoms with E-state index >= 15 is 0 Å². The van der Waals surface area contributed by atoms with Gasteiger partial charge in [-0.15, -0.1) is 0 Å². The van der Waals surface area contributed by atoms with Gasteiger partial charge in [0, 0.05) is 37.7 Å². The lowest BCUT2D eigenvalue weighted by atomic mass is 9.73. The standard InChI is InChI=1S/C18H23N7O2/c1-13-7-20-14(8-19-13)9-25-11-18(5-3-15(25)26)4-2-6-24(10-18)17(27)16-21-12-22-23-16/h7-8,12H,2-6,9-11H2,1H3,(H,21,22,23)/t18-/m1/s1. The van der Waals surface area contributed by atoms with Crippen LogP contribution >= 0.6 is 0 Å². The van der Waals surface area contributed by atoms with Crippen LogP contribution in [-0.2, 0) is 11.3 Å². The Kier molecular flexibility index (Phi) is 4.59. The number of rotatable bonds is 3. The maximum atomic E-state index is 12.6. The van der Waals surface area contributed by atoms with E-state index < -0.39 is 0 Å². The SMILES string of the molecule is Cc1cnc(CN2C[C@]3(CCCN(C(=O)c4ncn[nH]4)C3)CCC2=O)cn1. The first-order valence-electron chi connectivity index (χ1n) is 9.25. The van der Waals surface area contributed by atoms with Crippen molar-refractivity contribution in [2.45, 2.75) is 39.2 Å². The lowest BCUT2D eigenvalue weighted by Gasteiger charge is -2.48. The van der Waals surface area contributed by atoms with E-state index in [4.69, 9.17) is 0 Å². The van der Waals surface area contributed by atoms with Crippen LogP contribution in [0.1, 0.15) is 47.7 Å². The van der Waals surface area contributed by atoms with E-state index in [1.165, 1.54) is 6.33 Å². The molecule has 2 saturated heterocycles. The van der Waals surface area contributed by atoms with Crippen molar-refractivity contribution in [1.29, 1.82) is 0 Å². The van der Waals surface area contributed by atoms with Crippen molar-refractivity contribution in [1.82, 2.24) is 34.9 Å². The van der Waals surface area contributed by atoms with Crippen molar-refractivity contribution in [3.8, 4) is 0 Å². The third-order valence-electron chi connectivity index (χ3n) is 5.50. The number of piperidine rings is 2. The maximum Gasteiger partial charge on any atom is 0.291 e. The number of aromatic amines is 1. The smallest absolute Gasteiger partial charge is 0.291 e. The van der Waals surface area contributed by atoms with Gasteiger partial charge in [0.15, 0.2) is 0 Å². The summed E-state index contributed by atoms with van der Waals surface area (Å²) in [4.78, 5) is 41.4. The Balaban J connectivity index is 1.47. The zero-order valence-corrected chi connectivity index (χ0v) is 15.4. The van der Waals surface area contributed by atoms with Crippen LogP contribution in [0.3, 0.4) is 0 Å². The summed E-state index contributed by atoms with van der Waals surface area (Å²) in [5.41, 5.74) is 1.57. The number of H-pyrrole nitrogens is 1. The molecule has 0 aromatic carbocycles. The van der Waals surface area contributed by atoms with E-state index in [0.717, 1.165) is 30.7 Å². The van der Waals surface area contributed by atoms with Gasteiger partial charge in [0.2, 0.25) is 11.7 Å². The minimum Gasteiger partial charge on any atom is -0.336 e. The van der Waals surface area contributed by atoms with Gasteiger partial charge in [-0.25, -0.2) is 4.98 Å². The molecule has 0 unspecified atom stereocenters. The van der Waals surface area contributed by atoms with Gasteiger partial charge < -0.3 is 9.80 Å². The Labute approximate surface area is 157 Å².